The van der Waals surface area contributed by atoms with Crippen LogP contribution in [0.3, 0.4) is 0 Å². The number of carbonyl (C=O) groups is 1. The zero-order valence-electron chi connectivity index (χ0n) is 14.7. The van der Waals surface area contributed by atoms with Crippen molar-refractivity contribution in [1.82, 2.24) is 4.90 Å². The zero-order chi connectivity index (χ0) is 18.2. The Morgan fingerprint density at radius 1 is 1.04 bits per heavy atom. The maximum absolute atomic E-state index is 12.5. The SMILES string of the molecule is COc1cccc(NC(=O)CN(Cc2ccccc2)Cc2ccco2)c1. The van der Waals surface area contributed by atoms with E-state index in [1.165, 1.54) is 0 Å². The molecule has 26 heavy (non-hydrogen) atoms. The van der Waals surface area contributed by atoms with Gasteiger partial charge in [-0.05, 0) is 29.8 Å². The van der Waals surface area contributed by atoms with Crippen LogP contribution in [0.15, 0.2) is 77.4 Å². The Labute approximate surface area is 153 Å². The first-order chi connectivity index (χ1) is 12.7. The number of carbonyl (C=O) groups excluding carboxylic acids is 1. The number of rotatable bonds is 8. The molecule has 0 aliphatic carbocycles. The van der Waals surface area contributed by atoms with Crippen LogP contribution in [0.1, 0.15) is 11.3 Å². The van der Waals surface area contributed by atoms with E-state index in [-0.39, 0.29) is 12.5 Å². The third-order valence-corrected chi connectivity index (χ3v) is 3.93. The van der Waals surface area contributed by atoms with Gasteiger partial charge in [0.05, 0.1) is 26.5 Å². The van der Waals surface area contributed by atoms with Gasteiger partial charge in [0.15, 0.2) is 0 Å². The van der Waals surface area contributed by atoms with E-state index in [0.29, 0.717) is 24.5 Å². The Kier molecular flexibility index (Phi) is 6.06. The van der Waals surface area contributed by atoms with E-state index in [2.05, 4.69) is 17.4 Å². The van der Waals surface area contributed by atoms with Crippen LogP contribution in [0.4, 0.5) is 5.69 Å². The lowest BCUT2D eigenvalue weighted by Crippen LogP contribution is -2.32. The molecule has 1 amide bonds. The summed E-state index contributed by atoms with van der Waals surface area (Å²) in [5.74, 6) is 1.45. The van der Waals surface area contributed by atoms with E-state index in [1.807, 2.05) is 53.4 Å². The van der Waals surface area contributed by atoms with Crippen LogP contribution in [0.5, 0.6) is 5.75 Å². The number of methoxy groups -OCH3 is 1. The molecule has 0 saturated carbocycles. The molecule has 0 aliphatic heterocycles. The minimum atomic E-state index is -0.0826. The number of ether oxygens (including phenoxy) is 1. The number of furan rings is 1. The highest BCUT2D eigenvalue weighted by Crippen LogP contribution is 2.17. The lowest BCUT2D eigenvalue weighted by atomic mass is 10.2. The molecular formula is C21H22N2O3. The second-order valence-electron chi connectivity index (χ2n) is 5.99. The van der Waals surface area contributed by atoms with Crippen LogP contribution in [0, 0.1) is 0 Å². The van der Waals surface area contributed by atoms with Crippen LogP contribution in [-0.4, -0.2) is 24.5 Å². The predicted octanol–water partition coefficient (Wildman–Crippen LogP) is 3.93. The van der Waals surface area contributed by atoms with Crippen molar-refractivity contribution >= 4 is 11.6 Å². The summed E-state index contributed by atoms with van der Waals surface area (Å²) in [4.78, 5) is 14.6. The highest BCUT2D eigenvalue weighted by atomic mass is 16.5. The van der Waals surface area contributed by atoms with E-state index in [9.17, 15) is 4.79 Å². The molecule has 1 heterocycles. The summed E-state index contributed by atoms with van der Waals surface area (Å²) in [6.45, 7) is 1.48. The lowest BCUT2D eigenvalue weighted by molar-refractivity contribution is -0.117. The second kappa shape index (κ2) is 8.87. The average Bonchev–Trinajstić information content (AvgIpc) is 3.15. The summed E-state index contributed by atoms with van der Waals surface area (Å²) in [5, 5.41) is 2.92. The van der Waals surface area contributed by atoms with Crippen LogP contribution >= 0.6 is 0 Å². The first-order valence-corrected chi connectivity index (χ1v) is 8.45. The molecule has 5 heteroatoms. The summed E-state index contributed by atoms with van der Waals surface area (Å²) in [6.07, 6.45) is 1.65. The molecule has 1 N–H and O–H groups in total. The van der Waals surface area contributed by atoms with Crippen molar-refractivity contribution in [3.05, 3.63) is 84.3 Å². The molecule has 134 valence electrons. The first kappa shape index (κ1) is 17.8. The van der Waals surface area contributed by atoms with E-state index in [1.54, 1.807) is 19.4 Å². The first-order valence-electron chi connectivity index (χ1n) is 8.45. The zero-order valence-corrected chi connectivity index (χ0v) is 14.7. The Balaban J connectivity index is 1.66. The van der Waals surface area contributed by atoms with E-state index >= 15 is 0 Å². The van der Waals surface area contributed by atoms with Crippen LogP contribution in [0.25, 0.3) is 0 Å². The second-order valence-corrected chi connectivity index (χ2v) is 5.99. The minimum absolute atomic E-state index is 0.0826. The number of anilines is 1. The molecule has 5 nitrogen and oxygen atoms in total. The molecule has 0 fully saturated rings. The van der Waals surface area contributed by atoms with E-state index < -0.39 is 0 Å². The molecule has 0 unspecified atom stereocenters. The topological polar surface area (TPSA) is 54.7 Å². The normalized spacial score (nSPS) is 10.7. The molecule has 0 saturated heterocycles. The van der Waals surface area contributed by atoms with Crippen molar-refractivity contribution in [2.75, 3.05) is 19.0 Å². The van der Waals surface area contributed by atoms with Gasteiger partial charge in [0, 0.05) is 18.3 Å². The van der Waals surface area contributed by atoms with Crippen molar-refractivity contribution in [3.8, 4) is 5.75 Å². The molecule has 1 aromatic heterocycles. The number of hydrogen-bond donors (Lipinski definition) is 1. The van der Waals surface area contributed by atoms with E-state index in [0.717, 1.165) is 11.3 Å². The van der Waals surface area contributed by atoms with Crippen molar-refractivity contribution in [2.24, 2.45) is 0 Å². The summed E-state index contributed by atoms with van der Waals surface area (Å²) in [5.41, 5.74) is 1.86. The molecule has 3 aromatic rings. The molecule has 0 spiro atoms. The maximum atomic E-state index is 12.5. The number of nitrogens with one attached hydrogen (secondary N) is 1. The third-order valence-electron chi connectivity index (χ3n) is 3.93. The maximum Gasteiger partial charge on any atom is 0.238 e. The molecule has 0 aliphatic rings. The molecule has 0 atom stereocenters. The van der Waals surface area contributed by atoms with Gasteiger partial charge in [-0.2, -0.15) is 0 Å². The summed E-state index contributed by atoms with van der Waals surface area (Å²) in [7, 11) is 1.60. The van der Waals surface area contributed by atoms with Gasteiger partial charge in [-0.25, -0.2) is 0 Å². The van der Waals surface area contributed by atoms with Crippen molar-refractivity contribution < 1.29 is 13.9 Å². The van der Waals surface area contributed by atoms with Gasteiger partial charge in [0.2, 0.25) is 5.91 Å². The average molecular weight is 350 g/mol. The quantitative estimate of drug-likeness (QED) is 0.669. The van der Waals surface area contributed by atoms with Gasteiger partial charge in [0.25, 0.3) is 0 Å². The monoisotopic (exact) mass is 350 g/mol. The van der Waals surface area contributed by atoms with Gasteiger partial charge >= 0.3 is 0 Å². The fourth-order valence-corrected chi connectivity index (χ4v) is 2.74. The number of amides is 1. The molecule has 0 bridgehead atoms. The highest BCUT2D eigenvalue weighted by Gasteiger charge is 2.14. The Bertz CT molecular complexity index is 816. The molecular weight excluding hydrogens is 328 g/mol. The highest BCUT2D eigenvalue weighted by molar-refractivity contribution is 5.92. The van der Waals surface area contributed by atoms with Gasteiger partial charge in [-0.15, -0.1) is 0 Å². The third kappa shape index (κ3) is 5.22. The Morgan fingerprint density at radius 2 is 1.88 bits per heavy atom. The Morgan fingerprint density at radius 3 is 2.62 bits per heavy atom. The fraction of sp³-hybridized carbons (Fsp3) is 0.190. The smallest absolute Gasteiger partial charge is 0.238 e. The summed E-state index contributed by atoms with van der Waals surface area (Å²) < 4.78 is 10.6. The summed E-state index contributed by atoms with van der Waals surface area (Å²) in [6, 6.07) is 21.2. The number of hydrogen-bond acceptors (Lipinski definition) is 4. The van der Waals surface area contributed by atoms with Gasteiger partial charge < -0.3 is 14.5 Å². The van der Waals surface area contributed by atoms with Crippen LogP contribution in [-0.2, 0) is 17.9 Å². The van der Waals surface area contributed by atoms with E-state index in [4.69, 9.17) is 9.15 Å². The van der Waals surface area contributed by atoms with Crippen molar-refractivity contribution in [3.63, 3.8) is 0 Å². The number of benzene rings is 2. The lowest BCUT2D eigenvalue weighted by Gasteiger charge is -2.21. The molecule has 3 rings (SSSR count). The van der Waals surface area contributed by atoms with Gasteiger partial charge in [-0.1, -0.05) is 36.4 Å². The molecule has 0 radical (unpaired) electrons. The fourth-order valence-electron chi connectivity index (χ4n) is 2.74. The number of nitrogens with zero attached hydrogens (tertiary/aromatic N) is 1. The van der Waals surface area contributed by atoms with Crippen LogP contribution < -0.4 is 10.1 Å². The minimum Gasteiger partial charge on any atom is -0.497 e. The van der Waals surface area contributed by atoms with Gasteiger partial charge in [0.1, 0.15) is 11.5 Å². The van der Waals surface area contributed by atoms with Gasteiger partial charge in [-0.3, -0.25) is 9.69 Å². The predicted molar refractivity (Wildman–Crippen MR) is 101 cm³/mol. The largest absolute Gasteiger partial charge is 0.497 e. The standard InChI is InChI=1S/C21H22N2O3/c1-25-19-10-5-9-18(13-19)22-21(24)16-23(15-20-11-6-12-26-20)14-17-7-3-2-4-8-17/h2-13H,14-16H2,1H3,(H,22,24). The van der Waals surface area contributed by atoms with Crippen molar-refractivity contribution in [2.45, 2.75) is 13.1 Å². The molecule has 2 aromatic carbocycles. The van der Waals surface area contributed by atoms with Crippen molar-refractivity contribution in [1.29, 1.82) is 0 Å². The van der Waals surface area contributed by atoms with Crippen LogP contribution in [0.2, 0.25) is 0 Å². The summed E-state index contributed by atoms with van der Waals surface area (Å²) >= 11 is 0. The Hall–Kier alpha value is -3.05.